The van der Waals surface area contributed by atoms with Crippen LogP contribution < -0.4 is 4.74 Å². The molecule has 0 aliphatic carbocycles. The third-order valence-corrected chi connectivity index (χ3v) is 4.02. The fourth-order valence-corrected chi connectivity index (χ4v) is 2.37. The number of carbonyl (C=O) groups is 1. The van der Waals surface area contributed by atoms with Crippen LogP contribution in [-0.2, 0) is 0 Å². The van der Waals surface area contributed by atoms with Crippen LogP contribution >= 0.6 is 39.1 Å². The quantitative estimate of drug-likeness (QED) is 0.308. The van der Waals surface area contributed by atoms with E-state index in [0.717, 1.165) is 6.07 Å². The van der Waals surface area contributed by atoms with E-state index in [1.54, 1.807) is 6.07 Å². The van der Waals surface area contributed by atoms with Crippen molar-refractivity contribution in [2.24, 2.45) is 0 Å². The molecule has 0 fully saturated rings. The van der Waals surface area contributed by atoms with Gasteiger partial charge in [-0.15, -0.1) is 0 Å². The van der Waals surface area contributed by atoms with Gasteiger partial charge in [-0.25, -0.2) is 0 Å². The lowest BCUT2D eigenvalue weighted by molar-refractivity contribution is -0.384. The molecule has 0 aliphatic rings. The summed E-state index contributed by atoms with van der Waals surface area (Å²) in [6.07, 6.45) is 0.469. The van der Waals surface area contributed by atoms with E-state index >= 15 is 0 Å². The van der Waals surface area contributed by atoms with Gasteiger partial charge < -0.3 is 4.74 Å². The first-order valence-corrected chi connectivity index (χ1v) is 7.03. The van der Waals surface area contributed by atoms with Crippen LogP contribution in [0.3, 0.4) is 0 Å². The number of rotatable bonds is 4. The summed E-state index contributed by atoms with van der Waals surface area (Å²) in [6.45, 7) is 0. The van der Waals surface area contributed by atoms with E-state index < -0.39 is 4.92 Å². The average Bonchev–Trinajstić information content (AvgIpc) is 2.44. The van der Waals surface area contributed by atoms with Gasteiger partial charge in [-0.3, -0.25) is 14.9 Å². The van der Waals surface area contributed by atoms with Gasteiger partial charge in [-0.05, 0) is 28.1 Å². The molecule has 21 heavy (non-hydrogen) atoms. The molecular formula is C13H6BrCl2NO4. The maximum absolute atomic E-state index is 11.0. The first-order chi connectivity index (χ1) is 9.92. The van der Waals surface area contributed by atoms with Crippen LogP contribution in [0.2, 0.25) is 10.0 Å². The van der Waals surface area contributed by atoms with Gasteiger partial charge in [0.25, 0.3) is 5.69 Å². The van der Waals surface area contributed by atoms with Crippen molar-refractivity contribution in [1.29, 1.82) is 0 Å². The zero-order chi connectivity index (χ0) is 15.6. The SMILES string of the molecule is O=Cc1cc([N+](=O)[O-])ccc1Oc1cc(Cl)c(Br)cc1Cl. The van der Waals surface area contributed by atoms with E-state index in [2.05, 4.69) is 15.9 Å². The number of halogens is 3. The van der Waals surface area contributed by atoms with Gasteiger partial charge in [0, 0.05) is 22.7 Å². The van der Waals surface area contributed by atoms with Gasteiger partial charge in [-0.1, -0.05) is 23.2 Å². The maximum Gasteiger partial charge on any atom is 0.270 e. The first-order valence-electron chi connectivity index (χ1n) is 5.48. The van der Waals surface area contributed by atoms with Gasteiger partial charge in [0.15, 0.2) is 6.29 Å². The van der Waals surface area contributed by atoms with Crippen LogP contribution in [0.15, 0.2) is 34.8 Å². The van der Waals surface area contributed by atoms with Crippen LogP contribution in [0.1, 0.15) is 10.4 Å². The molecule has 108 valence electrons. The lowest BCUT2D eigenvalue weighted by Crippen LogP contribution is -1.94. The second-order valence-corrected chi connectivity index (χ2v) is 5.56. The number of nitrogens with zero attached hydrogens (tertiary/aromatic N) is 1. The normalized spacial score (nSPS) is 10.2. The van der Waals surface area contributed by atoms with Crippen molar-refractivity contribution in [3.63, 3.8) is 0 Å². The topological polar surface area (TPSA) is 69.4 Å². The molecule has 0 saturated heterocycles. The van der Waals surface area contributed by atoms with Crippen LogP contribution in [0.25, 0.3) is 0 Å². The van der Waals surface area contributed by atoms with Crippen molar-refractivity contribution < 1.29 is 14.5 Å². The van der Waals surface area contributed by atoms with Gasteiger partial charge >= 0.3 is 0 Å². The predicted octanol–water partition coefficient (Wildman–Crippen LogP) is 5.27. The second-order valence-electron chi connectivity index (χ2n) is 3.90. The van der Waals surface area contributed by atoms with Crippen molar-refractivity contribution in [2.75, 3.05) is 0 Å². The van der Waals surface area contributed by atoms with Gasteiger partial charge in [0.2, 0.25) is 0 Å². The summed E-state index contributed by atoms with van der Waals surface area (Å²) in [4.78, 5) is 21.1. The molecule has 0 unspecified atom stereocenters. The largest absolute Gasteiger partial charge is 0.455 e. The Morgan fingerprint density at radius 2 is 1.86 bits per heavy atom. The highest BCUT2D eigenvalue weighted by atomic mass is 79.9. The minimum atomic E-state index is -0.597. The maximum atomic E-state index is 11.0. The van der Waals surface area contributed by atoms with Crippen LogP contribution in [-0.4, -0.2) is 11.2 Å². The fraction of sp³-hybridized carbons (Fsp3) is 0. The molecule has 2 rings (SSSR count). The minimum absolute atomic E-state index is 0.0410. The van der Waals surface area contributed by atoms with Gasteiger partial charge in [0.05, 0.1) is 20.5 Å². The molecule has 0 aromatic heterocycles. The summed E-state index contributed by atoms with van der Waals surface area (Å²) in [5.41, 5.74) is -0.163. The summed E-state index contributed by atoms with van der Waals surface area (Å²) < 4.78 is 6.11. The number of hydrogen-bond acceptors (Lipinski definition) is 4. The number of hydrogen-bond donors (Lipinski definition) is 0. The Balaban J connectivity index is 2.42. The van der Waals surface area contributed by atoms with E-state index in [0.29, 0.717) is 15.8 Å². The van der Waals surface area contributed by atoms with E-state index in [1.807, 2.05) is 0 Å². The number of benzene rings is 2. The average molecular weight is 391 g/mol. The molecule has 5 nitrogen and oxygen atoms in total. The van der Waals surface area contributed by atoms with E-state index in [-0.39, 0.29) is 27.8 Å². The number of nitro benzene ring substituents is 1. The standard InChI is InChI=1S/C13H6BrCl2NO4/c14-9-4-11(16)13(5-10(9)15)21-12-2-1-8(17(19)20)3-7(12)6-18/h1-6H. The van der Waals surface area contributed by atoms with Crippen molar-refractivity contribution in [2.45, 2.75) is 0 Å². The van der Waals surface area contributed by atoms with Gasteiger partial charge in [-0.2, -0.15) is 0 Å². The molecule has 0 atom stereocenters. The number of carbonyl (C=O) groups excluding carboxylic acids is 1. The Kier molecular flexibility index (Phi) is 4.82. The Bertz CT molecular complexity index is 736. The molecule has 0 N–H and O–H groups in total. The summed E-state index contributed by atoms with van der Waals surface area (Å²) in [5, 5.41) is 11.3. The summed E-state index contributed by atoms with van der Waals surface area (Å²) in [5.74, 6) is 0.387. The molecule has 0 amide bonds. The second kappa shape index (κ2) is 6.43. The highest BCUT2D eigenvalue weighted by Crippen LogP contribution is 2.37. The highest BCUT2D eigenvalue weighted by Gasteiger charge is 2.14. The number of nitro groups is 1. The molecule has 0 spiro atoms. The predicted molar refractivity (Wildman–Crippen MR) is 82.7 cm³/mol. The Morgan fingerprint density at radius 1 is 1.14 bits per heavy atom. The molecule has 0 saturated carbocycles. The summed E-state index contributed by atoms with van der Waals surface area (Å²) >= 11 is 15.2. The van der Waals surface area contributed by atoms with E-state index in [9.17, 15) is 14.9 Å². The Morgan fingerprint density at radius 3 is 2.48 bits per heavy atom. The molecule has 0 radical (unpaired) electrons. The van der Waals surface area contributed by atoms with E-state index in [1.165, 1.54) is 18.2 Å². The molecule has 0 heterocycles. The van der Waals surface area contributed by atoms with Crippen LogP contribution in [0, 0.1) is 10.1 Å². The fourth-order valence-electron chi connectivity index (χ4n) is 1.54. The Labute approximate surface area is 137 Å². The smallest absolute Gasteiger partial charge is 0.270 e. The monoisotopic (exact) mass is 389 g/mol. The molecule has 0 aliphatic heterocycles. The molecule has 0 bridgehead atoms. The van der Waals surface area contributed by atoms with Crippen molar-refractivity contribution in [3.05, 3.63) is 60.5 Å². The number of non-ortho nitro benzene ring substituents is 1. The first kappa shape index (κ1) is 15.8. The zero-order valence-corrected chi connectivity index (χ0v) is 13.3. The number of aldehydes is 1. The number of ether oxygens (including phenoxy) is 1. The van der Waals surface area contributed by atoms with Crippen LogP contribution in [0.5, 0.6) is 11.5 Å². The Hall–Kier alpha value is -1.63. The molecule has 2 aromatic carbocycles. The summed E-state index contributed by atoms with van der Waals surface area (Å²) in [7, 11) is 0. The third-order valence-electron chi connectivity index (χ3n) is 2.53. The third kappa shape index (κ3) is 3.53. The van der Waals surface area contributed by atoms with Crippen molar-refractivity contribution in [3.8, 4) is 11.5 Å². The zero-order valence-electron chi connectivity index (χ0n) is 10.2. The van der Waals surface area contributed by atoms with E-state index in [4.69, 9.17) is 27.9 Å². The highest BCUT2D eigenvalue weighted by molar-refractivity contribution is 9.10. The minimum Gasteiger partial charge on any atom is -0.455 e. The van der Waals surface area contributed by atoms with Crippen molar-refractivity contribution >= 4 is 51.1 Å². The molecule has 8 heteroatoms. The van der Waals surface area contributed by atoms with Crippen LogP contribution in [0.4, 0.5) is 5.69 Å². The molecular weight excluding hydrogens is 385 g/mol. The summed E-state index contributed by atoms with van der Waals surface area (Å²) in [6, 6.07) is 6.71. The molecule has 2 aromatic rings. The van der Waals surface area contributed by atoms with Crippen molar-refractivity contribution in [1.82, 2.24) is 0 Å². The lowest BCUT2D eigenvalue weighted by Gasteiger charge is -2.10. The van der Waals surface area contributed by atoms with Gasteiger partial charge in [0.1, 0.15) is 11.5 Å². The lowest BCUT2D eigenvalue weighted by atomic mass is 10.2.